The van der Waals surface area contributed by atoms with Crippen LogP contribution in [0.15, 0.2) is 48.5 Å². The van der Waals surface area contributed by atoms with Crippen LogP contribution in [0.25, 0.3) is 0 Å². The Morgan fingerprint density at radius 1 is 1.10 bits per heavy atom. The van der Waals surface area contributed by atoms with E-state index in [-0.39, 0.29) is 5.75 Å². The molecule has 0 aliphatic heterocycles. The number of ether oxygens (including phenoxy) is 1. The molecule has 106 valence electrons. The zero-order chi connectivity index (χ0) is 14.5. The normalized spacial score (nSPS) is 12.4. The Bertz CT molecular complexity index is 572. The summed E-state index contributed by atoms with van der Waals surface area (Å²) >= 11 is 0. The van der Waals surface area contributed by atoms with Gasteiger partial charge in [0, 0.05) is 5.56 Å². The van der Waals surface area contributed by atoms with Crippen LogP contribution in [0.5, 0.6) is 5.75 Å². The Labute approximate surface area is 117 Å². The minimum atomic E-state index is -2.86. The number of halogens is 2. The molecule has 0 aliphatic rings. The summed E-state index contributed by atoms with van der Waals surface area (Å²) in [6, 6.07) is 13.9. The third-order valence-electron chi connectivity index (χ3n) is 3.19. The molecule has 0 aromatic heterocycles. The van der Waals surface area contributed by atoms with Gasteiger partial charge in [0.05, 0.1) is 6.04 Å². The molecule has 0 saturated carbocycles. The first-order chi connectivity index (χ1) is 9.61. The lowest BCUT2D eigenvalue weighted by molar-refractivity contribution is -0.0505. The van der Waals surface area contributed by atoms with E-state index in [9.17, 15) is 8.78 Å². The van der Waals surface area contributed by atoms with Crippen molar-refractivity contribution in [1.29, 1.82) is 0 Å². The summed E-state index contributed by atoms with van der Waals surface area (Å²) in [5, 5.41) is 0. The minimum Gasteiger partial charge on any atom is -0.434 e. The van der Waals surface area contributed by atoms with Gasteiger partial charge >= 0.3 is 6.61 Å². The third kappa shape index (κ3) is 3.33. The van der Waals surface area contributed by atoms with Gasteiger partial charge < -0.3 is 10.5 Å². The second-order valence-electron chi connectivity index (χ2n) is 4.49. The molecular weight excluding hydrogens is 260 g/mol. The topological polar surface area (TPSA) is 35.2 Å². The maximum atomic E-state index is 12.4. The van der Waals surface area contributed by atoms with E-state index in [0.717, 1.165) is 17.5 Å². The number of benzene rings is 2. The molecule has 0 amide bonds. The first kappa shape index (κ1) is 14.5. The Kier molecular flexibility index (Phi) is 4.69. The van der Waals surface area contributed by atoms with Crippen LogP contribution < -0.4 is 10.5 Å². The summed E-state index contributed by atoms with van der Waals surface area (Å²) in [6.07, 6.45) is 0.899. The number of nitrogens with two attached hydrogens (primary N) is 1. The van der Waals surface area contributed by atoms with Crippen LogP contribution in [0.2, 0.25) is 0 Å². The average Bonchev–Trinajstić information content (AvgIpc) is 2.46. The number of hydrogen-bond donors (Lipinski definition) is 1. The van der Waals surface area contributed by atoms with Gasteiger partial charge in [0.1, 0.15) is 5.75 Å². The van der Waals surface area contributed by atoms with Crippen molar-refractivity contribution >= 4 is 0 Å². The molecule has 2 nitrogen and oxygen atoms in total. The summed E-state index contributed by atoms with van der Waals surface area (Å²) in [5.74, 6) is 0.122. The predicted octanol–water partition coefficient (Wildman–Crippen LogP) is 3.90. The van der Waals surface area contributed by atoms with Crippen LogP contribution in [-0.4, -0.2) is 6.61 Å². The Hall–Kier alpha value is -1.94. The number of alkyl halides is 2. The molecule has 1 unspecified atom stereocenters. The first-order valence-electron chi connectivity index (χ1n) is 6.50. The van der Waals surface area contributed by atoms with Crippen LogP contribution >= 0.6 is 0 Å². The summed E-state index contributed by atoms with van der Waals surface area (Å²) in [6.45, 7) is -0.802. The van der Waals surface area contributed by atoms with Gasteiger partial charge in [-0.05, 0) is 23.6 Å². The molecule has 0 heterocycles. The fourth-order valence-electron chi connectivity index (χ4n) is 2.13. The van der Waals surface area contributed by atoms with Gasteiger partial charge in [0.15, 0.2) is 0 Å². The first-order valence-corrected chi connectivity index (χ1v) is 6.50. The highest BCUT2D eigenvalue weighted by Gasteiger charge is 2.16. The van der Waals surface area contributed by atoms with Crippen LogP contribution in [0.3, 0.4) is 0 Å². The van der Waals surface area contributed by atoms with Crippen molar-refractivity contribution < 1.29 is 13.5 Å². The van der Waals surface area contributed by atoms with E-state index < -0.39 is 12.7 Å². The highest BCUT2D eigenvalue weighted by atomic mass is 19.3. The van der Waals surface area contributed by atoms with Gasteiger partial charge in [-0.1, -0.05) is 49.4 Å². The molecule has 0 bridgehead atoms. The zero-order valence-corrected chi connectivity index (χ0v) is 11.2. The van der Waals surface area contributed by atoms with E-state index in [4.69, 9.17) is 5.73 Å². The number of rotatable bonds is 5. The molecule has 0 spiro atoms. The molecule has 1 atom stereocenters. The number of para-hydroxylation sites is 1. The zero-order valence-electron chi connectivity index (χ0n) is 11.2. The monoisotopic (exact) mass is 277 g/mol. The standard InChI is InChI=1S/C16H17F2NO/c1-2-11-6-5-7-12(10-11)15(19)13-8-3-4-9-14(13)20-16(17)18/h3-10,15-16H,2,19H2,1H3. The molecule has 0 radical (unpaired) electrons. The van der Waals surface area contributed by atoms with Gasteiger partial charge in [0.25, 0.3) is 0 Å². The van der Waals surface area contributed by atoms with Gasteiger partial charge in [-0.15, -0.1) is 0 Å². The van der Waals surface area contributed by atoms with Crippen LogP contribution in [0, 0.1) is 0 Å². The molecule has 0 saturated heterocycles. The molecule has 0 aliphatic carbocycles. The van der Waals surface area contributed by atoms with E-state index in [1.807, 2.05) is 24.3 Å². The van der Waals surface area contributed by atoms with Crippen molar-refractivity contribution in [1.82, 2.24) is 0 Å². The van der Waals surface area contributed by atoms with E-state index >= 15 is 0 Å². The van der Waals surface area contributed by atoms with Crippen LogP contribution in [-0.2, 0) is 6.42 Å². The largest absolute Gasteiger partial charge is 0.434 e. The molecule has 0 fully saturated rings. The Morgan fingerprint density at radius 2 is 1.85 bits per heavy atom. The Balaban J connectivity index is 2.34. The summed E-state index contributed by atoms with van der Waals surface area (Å²) < 4.78 is 29.4. The lowest BCUT2D eigenvalue weighted by atomic mass is 9.97. The smallest absolute Gasteiger partial charge is 0.387 e. The minimum absolute atomic E-state index is 0.122. The molecule has 2 rings (SSSR count). The summed E-state index contributed by atoms with van der Waals surface area (Å²) in [7, 11) is 0. The van der Waals surface area contributed by atoms with Gasteiger partial charge in [-0.2, -0.15) is 8.78 Å². The Morgan fingerprint density at radius 3 is 2.55 bits per heavy atom. The van der Waals surface area contributed by atoms with Gasteiger partial charge in [-0.3, -0.25) is 0 Å². The quantitative estimate of drug-likeness (QED) is 0.899. The maximum Gasteiger partial charge on any atom is 0.387 e. The molecule has 2 N–H and O–H groups in total. The highest BCUT2D eigenvalue weighted by Crippen LogP contribution is 2.29. The molecule has 20 heavy (non-hydrogen) atoms. The van der Waals surface area contributed by atoms with Gasteiger partial charge in [-0.25, -0.2) is 0 Å². The van der Waals surface area contributed by atoms with E-state index in [1.165, 1.54) is 6.07 Å². The predicted molar refractivity (Wildman–Crippen MR) is 74.9 cm³/mol. The summed E-state index contributed by atoms with van der Waals surface area (Å²) in [4.78, 5) is 0. The molecule has 2 aromatic rings. The lowest BCUT2D eigenvalue weighted by Crippen LogP contribution is -2.15. The van der Waals surface area contributed by atoms with Crippen molar-refractivity contribution in [3.8, 4) is 5.75 Å². The van der Waals surface area contributed by atoms with Crippen molar-refractivity contribution in [2.24, 2.45) is 5.73 Å². The van der Waals surface area contributed by atoms with E-state index in [0.29, 0.717) is 5.56 Å². The average molecular weight is 277 g/mol. The molecular formula is C16H17F2NO. The maximum absolute atomic E-state index is 12.4. The number of aryl methyl sites for hydroxylation is 1. The van der Waals surface area contributed by atoms with Crippen molar-refractivity contribution in [2.45, 2.75) is 26.0 Å². The highest BCUT2D eigenvalue weighted by molar-refractivity contribution is 5.42. The van der Waals surface area contributed by atoms with E-state index in [2.05, 4.69) is 11.7 Å². The van der Waals surface area contributed by atoms with Crippen LogP contribution in [0.1, 0.15) is 29.7 Å². The lowest BCUT2D eigenvalue weighted by Gasteiger charge is -2.17. The van der Waals surface area contributed by atoms with Crippen LogP contribution in [0.4, 0.5) is 8.78 Å². The molecule has 2 aromatic carbocycles. The third-order valence-corrected chi connectivity index (χ3v) is 3.19. The van der Waals surface area contributed by atoms with E-state index in [1.54, 1.807) is 18.2 Å². The SMILES string of the molecule is CCc1cccc(C(N)c2ccccc2OC(F)F)c1. The second-order valence-corrected chi connectivity index (χ2v) is 4.49. The molecule has 4 heteroatoms. The van der Waals surface area contributed by atoms with Gasteiger partial charge in [0.2, 0.25) is 0 Å². The number of hydrogen-bond acceptors (Lipinski definition) is 2. The second kappa shape index (κ2) is 6.48. The van der Waals surface area contributed by atoms with Crippen molar-refractivity contribution in [3.63, 3.8) is 0 Å². The fraction of sp³-hybridized carbons (Fsp3) is 0.250. The summed E-state index contributed by atoms with van der Waals surface area (Å²) in [5.41, 5.74) is 8.79. The van der Waals surface area contributed by atoms with Crippen molar-refractivity contribution in [2.75, 3.05) is 0 Å². The fourth-order valence-corrected chi connectivity index (χ4v) is 2.13. The van der Waals surface area contributed by atoms with Crippen molar-refractivity contribution in [3.05, 3.63) is 65.2 Å².